The molecule has 1 aromatic rings. The van der Waals surface area contributed by atoms with Crippen molar-refractivity contribution in [1.82, 2.24) is 5.32 Å². The maximum absolute atomic E-state index is 11.9. The summed E-state index contributed by atoms with van der Waals surface area (Å²) in [4.78, 5) is 36.8. The number of rotatable bonds is 2. The number of nitrogens with zero attached hydrogens (tertiary/aromatic N) is 1. The Morgan fingerprint density at radius 1 is 1.09 bits per heavy atom. The first kappa shape index (κ1) is 14.4. The molecule has 3 aliphatic rings. The SMILES string of the molecule is O=C1CC2(CCN(c3ccc([C@H]4CCC(=O)NC4=O)cc3)C2)C1. The number of piperidine rings is 1. The van der Waals surface area contributed by atoms with Gasteiger partial charge in [-0.1, -0.05) is 12.1 Å². The summed E-state index contributed by atoms with van der Waals surface area (Å²) in [6.45, 7) is 1.95. The monoisotopic (exact) mass is 312 g/mol. The standard InChI is InChI=1S/C18H20N2O3/c21-14-9-18(10-14)7-8-20(11-18)13-3-1-12(2-4-13)15-5-6-16(22)19-17(15)23/h1-4,15H,5-11H2,(H,19,22,23)/t15-/m1/s1. The van der Waals surface area contributed by atoms with E-state index < -0.39 is 0 Å². The molecule has 1 aromatic carbocycles. The molecule has 1 spiro atoms. The maximum atomic E-state index is 11.9. The molecule has 1 saturated carbocycles. The number of anilines is 1. The Labute approximate surface area is 135 Å². The van der Waals surface area contributed by atoms with Crippen LogP contribution in [-0.4, -0.2) is 30.7 Å². The fraction of sp³-hybridized carbons (Fsp3) is 0.500. The average Bonchev–Trinajstić information content (AvgIpc) is 2.92. The summed E-state index contributed by atoms with van der Waals surface area (Å²) in [5.41, 5.74) is 2.34. The number of Topliss-reactive ketones (excluding diaryl/α,β-unsaturated/α-hetero) is 1. The van der Waals surface area contributed by atoms with E-state index in [4.69, 9.17) is 0 Å². The highest BCUT2D eigenvalue weighted by molar-refractivity contribution is 6.00. The molecule has 0 unspecified atom stereocenters. The third-order valence-corrected chi connectivity index (χ3v) is 5.48. The van der Waals surface area contributed by atoms with Crippen LogP contribution in [0.15, 0.2) is 24.3 Å². The number of benzene rings is 1. The molecule has 0 radical (unpaired) electrons. The van der Waals surface area contributed by atoms with Crippen LogP contribution in [0.25, 0.3) is 0 Å². The van der Waals surface area contributed by atoms with Crippen LogP contribution < -0.4 is 10.2 Å². The van der Waals surface area contributed by atoms with Crippen molar-refractivity contribution in [3.05, 3.63) is 29.8 Å². The Hall–Kier alpha value is -2.17. The van der Waals surface area contributed by atoms with E-state index in [0.717, 1.165) is 43.6 Å². The van der Waals surface area contributed by atoms with Gasteiger partial charge in [0.2, 0.25) is 11.8 Å². The molecule has 4 rings (SSSR count). The maximum Gasteiger partial charge on any atom is 0.234 e. The van der Waals surface area contributed by atoms with Crippen LogP contribution in [0.4, 0.5) is 5.69 Å². The summed E-state index contributed by atoms with van der Waals surface area (Å²) in [5.74, 6) is -0.210. The normalized spacial score (nSPS) is 26.3. The number of hydrogen-bond donors (Lipinski definition) is 1. The lowest BCUT2D eigenvalue weighted by Gasteiger charge is -2.36. The second kappa shape index (κ2) is 5.18. The van der Waals surface area contributed by atoms with Gasteiger partial charge in [-0.15, -0.1) is 0 Å². The molecule has 1 aliphatic carbocycles. The van der Waals surface area contributed by atoms with Gasteiger partial charge in [-0.25, -0.2) is 0 Å². The minimum Gasteiger partial charge on any atom is -0.371 e. The third kappa shape index (κ3) is 2.54. The number of nitrogens with one attached hydrogen (secondary N) is 1. The van der Waals surface area contributed by atoms with Gasteiger partial charge < -0.3 is 4.90 Å². The molecular weight excluding hydrogens is 292 g/mol. The lowest BCUT2D eigenvalue weighted by molar-refractivity contribution is -0.134. The van der Waals surface area contributed by atoms with Crippen molar-refractivity contribution in [3.63, 3.8) is 0 Å². The van der Waals surface area contributed by atoms with Crippen molar-refractivity contribution >= 4 is 23.3 Å². The van der Waals surface area contributed by atoms with Crippen LogP contribution in [0.1, 0.15) is 43.6 Å². The summed E-state index contributed by atoms with van der Waals surface area (Å²) in [6.07, 6.45) is 3.54. The zero-order valence-electron chi connectivity index (χ0n) is 13.0. The van der Waals surface area contributed by atoms with Crippen molar-refractivity contribution < 1.29 is 14.4 Å². The fourth-order valence-electron chi connectivity index (χ4n) is 4.16. The largest absolute Gasteiger partial charge is 0.371 e. The van der Waals surface area contributed by atoms with Gasteiger partial charge in [0, 0.05) is 43.5 Å². The Bertz CT molecular complexity index is 672. The summed E-state index contributed by atoms with van der Waals surface area (Å²) < 4.78 is 0. The molecule has 120 valence electrons. The van der Waals surface area contributed by atoms with Gasteiger partial charge in [0.1, 0.15) is 5.78 Å². The smallest absolute Gasteiger partial charge is 0.234 e. The highest BCUT2D eigenvalue weighted by atomic mass is 16.2. The molecule has 0 bridgehead atoms. The van der Waals surface area contributed by atoms with Crippen LogP contribution in [0.3, 0.4) is 0 Å². The van der Waals surface area contributed by atoms with Crippen LogP contribution in [0, 0.1) is 5.41 Å². The van der Waals surface area contributed by atoms with Crippen LogP contribution in [-0.2, 0) is 14.4 Å². The molecule has 5 heteroatoms. The number of hydrogen-bond acceptors (Lipinski definition) is 4. The number of carbonyl (C=O) groups is 3. The Kier molecular flexibility index (Phi) is 3.25. The third-order valence-electron chi connectivity index (χ3n) is 5.48. The van der Waals surface area contributed by atoms with E-state index in [1.165, 1.54) is 0 Å². The Balaban J connectivity index is 1.45. The van der Waals surface area contributed by atoms with Gasteiger partial charge in [0.25, 0.3) is 0 Å². The molecule has 5 nitrogen and oxygen atoms in total. The van der Waals surface area contributed by atoms with Gasteiger partial charge in [-0.05, 0) is 30.5 Å². The predicted molar refractivity (Wildman–Crippen MR) is 85.1 cm³/mol. The van der Waals surface area contributed by atoms with Crippen molar-refractivity contribution in [2.24, 2.45) is 5.41 Å². The lowest BCUT2D eigenvalue weighted by atomic mass is 9.67. The molecule has 3 fully saturated rings. The molecule has 1 atom stereocenters. The molecular formula is C18H20N2O3. The van der Waals surface area contributed by atoms with E-state index in [9.17, 15) is 14.4 Å². The van der Waals surface area contributed by atoms with Crippen molar-refractivity contribution in [2.45, 2.75) is 38.0 Å². The summed E-state index contributed by atoms with van der Waals surface area (Å²) in [7, 11) is 0. The topological polar surface area (TPSA) is 66.5 Å². The summed E-state index contributed by atoms with van der Waals surface area (Å²) in [6, 6.07) is 8.09. The minimum atomic E-state index is -0.226. The Morgan fingerprint density at radius 2 is 1.83 bits per heavy atom. The van der Waals surface area contributed by atoms with E-state index >= 15 is 0 Å². The minimum absolute atomic E-state index is 0.180. The molecule has 0 aromatic heterocycles. The van der Waals surface area contributed by atoms with Gasteiger partial charge >= 0.3 is 0 Å². The van der Waals surface area contributed by atoms with Crippen molar-refractivity contribution in [3.8, 4) is 0 Å². The van der Waals surface area contributed by atoms with Gasteiger partial charge in [0.05, 0.1) is 5.92 Å². The Morgan fingerprint density at radius 3 is 2.48 bits per heavy atom. The fourth-order valence-corrected chi connectivity index (χ4v) is 4.16. The van der Waals surface area contributed by atoms with E-state index in [2.05, 4.69) is 22.3 Å². The number of carbonyl (C=O) groups excluding carboxylic acids is 3. The first-order valence-corrected chi connectivity index (χ1v) is 8.25. The summed E-state index contributed by atoms with van der Waals surface area (Å²) >= 11 is 0. The quantitative estimate of drug-likeness (QED) is 0.845. The van der Waals surface area contributed by atoms with Crippen molar-refractivity contribution in [2.75, 3.05) is 18.0 Å². The molecule has 2 heterocycles. The van der Waals surface area contributed by atoms with Gasteiger partial charge in [-0.2, -0.15) is 0 Å². The second-order valence-corrected chi connectivity index (χ2v) is 7.16. The first-order chi connectivity index (χ1) is 11.0. The second-order valence-electron chi connectivity index (χ2n) is 7.16. The molecule has 1 N–H and O–H groups in total. The van der Waals surface area contributed by atoms with E-state index in [1.807, 2.05) is 12.1 Å². The lowest BCUT2D eigenvalue weighted by Crippen LogP contribution is -2.40. The molecule has 23 heavy (non-hydrogen) atoms. The van der Waals surface area contributed by atoms with E-state index in [0.29, 0.717) is 18.6 Å². The van der Waals surface area contributed by atoms with Crippen LogP contribution in [0.2, 0.25) is 0 Å². The zero-order chi connectivity index (χ0) is 16.0. The van der Waals surface area contributed by atoms with Gasteiger partial charge in [-0.3, -0.25) is 19.7 Å². The molecule has 2 amide bonds. The number of ketones is 1. The number of imide groups is 1. The van der Waals surface area contributed by atoms with Gasteiger partial charge in [0.15, 0.2) is 0 Å². The van der Waals surface area contributed by atoms with E-state index in [-0.39, 0.29) is 23.1 Å². The van der Waals surface area contributed by atoms with Crippen molar-refractivity contribution in [1.29, 1.82) is 0 Å². The summed E-state index contributed by atoms with van der Waals surface area (Å²) in [5, 5.41) is 2.41. The first-order valence-electron chi connectivity index (χ1n) is 8.25. The van der Waals surface area contributed by atoms with Crippen LogP contribution >= 0.6 is 0 Å². The highest BCUT2D eigenvalue weighted by Gasteiger charge is 2.47. The predicted octanol–water partition coefficient (Wildman–Crippen LogP) is 1.77. The molecule has 2 saturated heterocycles. The van der Waals surface area contributed by atoms with Crippen LogP contribution in [0.5, 0.6) is 0 Å². The van der Waals surface area contributed by atoms with E-state index in [1.54, 1.807) is 0 Å². The zero-order valence-corrected chi connectivity index (χ0v) is 13.0. The average molecular weight is 312 g/mol. The molecule has 2 aliphatic heterocycles. The highest BCUT2D eigenvalue weighted by Crippen LogP contribution is 2.46. The number of amides is 2.